The summed E-state index contributed by atoms with van der Waals surface area (Å²) in [4.78, 5) is 37.6. The standard InChI is InChI=1S/C27H26N2O8S2.BrH/c1-29(2,3)22(14-38-39(4,35)36)26(32)28-15-5-8-18(21(11-15)27(33)34)25-19-9-6-16(30)12-23(19)37-24-13-17(31)7-10-20(24)25;/h5-13,22H,14H2,1-4H3,(H2-,28,30,31,32,33,34);1H. The molecule has 0 radical (unpaired) electrons. The number of phenolic OH excluding ortho intramolecular Hbond substituents is 1. The number of anilines is 1. The molecule has 1 amide bonds. The van der Waals surface area contributed by atoms with Crippen molar-refractivity contribution in [1.29, 1.82) is 0 Å². The average molecular weight is 652 g/mol. The van der Waals surface area contributed by atoms with Gasteiger partial charge in [-0.3, -0.25) is 9.59 Å². The van der Waals surface area contributed by atoms with E-state index in [1.165, 1.54) is 30.3 Å². The van der Waals surface area contributed by atoms with Crippen LogP contribution in [0.3, 0.4) is 0 Å². The predicted molar refractivity (Wildman–Crippen MR) is 151 cm³/mol. The molecule has 13 heteroatoms. The van der Waals surface area contributed by atoms with Crippen LogP contribution in [0.1, 0.15) is 10.4 Å². The molecule has 40 heavy (non-hydrogen) atoms. The van der Waals surface area contributed by atoms with E-state index in [0.29, 0.717) is 32.9 Å². The van der Waals surface area contributed by atoms with Gasteiger partial charge >= 0.3 is 5.97 Å². The molecule has 2 aromatic rings. The van der Waals surface area contributed by atoms with E-state index in [0.717, 1.165) is 6.26 Å². The number of rotatable bonds is 8. The number of amides is 1. The first-order valence-corrected chi connectivity index (χ1v) is 15.1. The van der Waals surface area contributed by atoms with Gasteiger partial charge in [0, 0.05) is 40.6 Å². The Bertz CT molecular complexity index is 1750. The fraction of sp³-hybridized carbons (Fsp3) is 0.222. The zero-order chi connectivity index (χ0) is 28.7. The minimum atomic E-state index is -3.38. The van der Waals surface area contributed by atoms with Crippen LogP contribution in [0.5, 0.6) is 5.75 Å². The highest BCUT2D eigenvalue weighted by molar-refractivity contribution is 8.71. The maximum atomic E-state index is 13.2. The molecule has 0 aromatic heterocycles. The Kier molecular flexibility index (Phi) is 9.04. The predicted octanol–water partition coefficient (Wildman–Crippen LogP) is 0.679. The van der Waals surface area contributed by atoms with Crippen LogP contribution in [0, 0.1) is 0 Å². The van der Waals surface area contributed by atoms with E-state index < -0.39 is 26.8 Å². The molecule has 1 aliphatic carbocycles. The van der Waals surface area contributed by atoms with Gasteiger partial charge in [-0.05, 0) is 52.8 Å². The number of nitrogens with zero attached hydrogens (tertiary/aromatic N) is 1. The van der Waals surface area contributed by atoms with Gasteiger partial charge in [0.05, 0.1) is 32.5 Å². The van der Waals surface area contributed by atoms with Gasteiger partial charge in [-0.2, -0.15) is 0 Å². The van der Waals surface area contributed by atoms with Crippen molar-refractivity contribution in [3.05, 3.63) is 70.4 Å². The molecule has 1 atom stereocenters. The molecule has 0 saturated heterocycles. The number of benzene rings is 3. The molecule has 10 nitrogen and oxygen atoms in total. The lowest BCUT2D eigenvalue weighted by Crippen LogP contribution is -3.00. The zero-order valence-electron chi connectivity index (χ0n) is 22.0. The third-order valence-corrected chi connectivity index (χ3v) is 8.71. The number of hydrogen-bond donors (Lipinski definition) is 3. The first kappa shape index (κ1) is 31.1. The molecule has 0 fully saturated rings. The molecule has 212 valence electrons. The van der Waals surface area contributed by atoms with Crippen LogP contribution in [0.2, 0.25) is 0 Å². The highest BCUT2D eigenvalue weighted by Gasteiger charge is 2.33. The summed E-state index contributed by atoms with van der Waals surface area (Å²) in [5.74, 6) is -1.54. The molecule has 2 aromatic carbocycles. The molecule has 0 spiro atoms. The van der Waals surface area contributed by atoms with Crippen LogP contribution in [0.15, 0.2) is 63.8 Å². The number of halogens is 1. The summed E-state index contributed by atoms with van der Waals surface area (Å²) >= 11 is 0. The molecule has 1 unspecified atom stereocenters. The normalized spacial score (nSPS) is 12.6. The Hall–Kier alpha value is -3.39. The van der Waals surface area contributed by atoms with Crippen molar-refractivity contribution in [2.24, 2.45) is 0 Å². The van der Waals surface area contributed by atoms with Gasteiger partial charge in [0.1, 0.15) is 17.1 Å². The molecule has 2 aliphatic rings. The number of aromatic hydroxyl groups is 1. The second kappa shape index (κ2) is 11.6. The third-order valence-electron chi connectivity index (χ3n) is 6.14. The number of phenols is 1. The average Bonchev–Trinajstić information content (AvgIpc) is 2.81. The summed E-state index contributed by atoms with van der Waals surface area (Å²) in [7, 11) is 2.59. The van der Waals surface area contributed by atoms with Gasteiger partial charge in [0.2, 0.25) is 0 Å². The first-order valence-electron chi connectivity index (χ1n) is 11.7. The second-order valence-electron chi connectivity index (χ2n) is 9.99. The molecule has 0 bridgehead atoms. The van der Waals surface area contributed by atoms with Crippen molar-refractivity contribution in [2.45, 2.75) is 6.04 Å². The first-order chi connectivity index (χ1) is 18.1. The SMILES string of the molecule is C[N+](C)(C)C(CSS(C)(=O)=O)C(=O)Nc1ccc(-c2c3ccc(=O)cc-3oc3cc(O)ccc23)c(C(=O)O)c1.[Br-]. The Morgan fingerprint density at radius 1 is 1.02 bits per heavy atom. The van der Waals surface area contributed by atoms with E-state index in [2.05, 4.69) is 5.32 Å². The van der Waals surface area contributed by atoms with Gasteiger partial charge in [0.25, 0.3) is 5.91 Å². The lowest BCUT2D eigenvalue weighted by Gasteiger charge is -2.32. The number of carboxylic acid groups (broad SMARTS) is 1. The fourth-order valence-corrected chi connectivity index (χ4v) is 6.33. The van der Waals surface area contributed by atoms with Crippen molar-refractivity contribution in [3.8, 4) is 28.2 Å². The van der Waals surface area contributed by atoms with Gasteiger partial charge in [0.15, 0.2) is 20.3 Å². The molecule has 1 heterocycles. The van der Waals surface area contributed by atoms with E-state index in [4.69, 9.17) is 4.42 Å². The van der Waals surface area contributed by atoms with Gasteiger partial charge in [-0.1, -0.05) is 6.07 Å². The Balaban J connectivity index is 0.00000441. The van der Waals surface area contributed by atoms with E-state index >= 15 is 0 Å². The summed E-state index contributed by atoms with van der Waals surface area (Å²) in [5, 5.41) is 23.3. The molecule has 0 saturated carbocycles. The van der Waals surface area contributed by atoms with E-state index in [1.54, 1.807) is 45.4 Å². The van der Waals surface area contributed by atoms with Crippen molar-refractivity contribution >= 4 is 48.2 Å². The smallest absolute Gasteiger partial charge is 0.336 e. The quantitative estimate of drug-likeness (QED) is 0.142. The number of aromatic carboxylic acids is 1. The minimum Gasteiger partial charge on any atom is -1.00 e. The summed E-state index contributed by atoms with van der Waals surface area (Å²) < 4.78 is 29.4. The lowest BCUT2D eigenvalue weighted by molar-refractivity contribution is -0.883. The number of fused-ring (bicyclic) bond motifs is 2. The van der Waals surface area contributed by atoms with Crippen LogP contribution >= 0.6 is 10.8 Å². The van der Waals surface area contributed by atoms with Crippen LogP contribution < -0.4 is 27.7 Å². The topological polar surface area (TPSA) is 151 Å². The number of carbonyl (C=O) groups is 2. The van der Waals surface area contributed by atoms with Gasteiger partial charge in [-0.25, -0.2) is 13.2 Å². The lowest BCUT2D eigenvalue weighted by atomic mass is 9.90. The second-order valence-corrected chi connectivity index (χ2v) is 14.5. The number of likely N-dealkylation sites (N-methyl/N-ethyl adjacent to an activating group) is 1. The van der Waals surface area contributed by atoms with Crippen molar-refractivity contribution in [2.75, 3.05) is 38.5 Å². The number of carboxylic acids is 1. The van der Waals surface area contributed by atoms with Crippen LogP contribution in [-0.4, -0.2) is 74.2 Å². The van der Waals surface area contributed by atoms with Crippen molar-refractivity contribution in [3.63, 3.8) is 0 Å². The molecule has 3 N–H and O–H groups in total. The number of quaternary nitrogens is 1. The monoisotopic (exact) mass is 650 g/mol. The molecule has 1 aliphatic heterocycles. The fourth-order valence-electron chi connectivity index (χ4n) is 4.23. The maximum Gasteiger partial charge on any atom is 0.336 e. The third kappa shape index (κ3) is 6.84. The van der Waals surface area contributed by atoms with Crippen molar-refractivity contribution in [1.82, 2.24) is 0 Å². The van der Waals surface area contributed by atoms with Crippen molar-refractivity contribution < 1.29 is 54.1 Å². The summed E-state index contributed by atoms with van der Waals surface area (Å²) in [5.41, 5.74) is 1.35. The zero-order valence-corrected chi connectivity index (χ0v) is 25.2. The van der Waals surface area contributed by atoms with Crippen LogP contribution in [-0.2, 0) is 13.7 Å². The van der Waals surface area contributed by atoms with E-state index in [-0.39, 0.29) is 61.0 Å². The Labute approximate surface area is 244 Å². The Morgan fingerprint density at radius 3 is 2.33 bits per heavy atom. The van der Waals surface area contributed by atoms with E-state index in [9.17, 15) is 33.0 Å². The molecular formula is C27H27BrN2O8S2. The molecular weight excluding hydrogens is 624 g/mol. The summed E-state index contributed by atoms with van der Waals surface area (Å²) in [6, 6.07) is 12.3. The largest absolute Gasteiger partial charge is 1.00 e. The van der Waals surface area contributed by atoms with Crippen LogP contribution in [0.4, 0.5) is 5.69 Å². The number of nitrogens with one attached hydrogen (secondary N) is 1. The number of hydrogen-bond acceptors (Lipinski definition) is 8. The van der Waals surface area contributed by atoms with Crippen LogP contribution in [0.25, 0.3) is 33.4 Å². The summed E-state index contributed by atoms with van der Waals surface area (Å²) in [6.07, 6.45) is 1.07. The highest BCUT2D eigenvalue weighted by atomic mass is 79.9. The minimum absolute atomic E-state index is 0. The number of carbonyl (C=O) groups excluding carboxylic acids is 1. The van der Waals surface area contributed by atoms with Gasteiger partial charge < -0.3 is 41.4 Å². The summed E-state index contributed by atoms with van der Waals surface area (Å²) in [6.45, 7) is 0. The van der Waals surface area contributed by atoms with Gasteiger partial charge in [-0.15, -0.1) is 0 Å². The Morgan fingerprint density at radius 2 is 1.70 bits per heavy atom. The highest BCUT2D eigenvalue weighted by Crippen LogP contribution is 2.42. The maximum absolute atomic E-state index is 13.2. The van der Waals surface area contributed by atoms with E-state index in [1.807, 2.05) is 0 Å². The molecule has 4 rings (SSSR count).